The van der Waals surface area contributed by atoms with Crippen LogP contribution in [0.5, 0.6) is 0 Å². The van der Waals surface area contributed by atoms with Crippen LogP contribution < -0.4 is 0 Å². The molecule has 17 heavy (non-hydrogen) atoms. The van der Waals surface area contributed by atoms with Gasteiger partial charge in [-0.2, -0.15) is 0 Å². The summed E-state index contributed by atoms with van der Waals surface area (Å²) in [6.45, 7) is 3.61. The molecular weight excluding hydrogens is 246 g/mol. The lowest BCUT2D eigenvalue weighted by atomic mass is 10.1. The number of ether oxygens (including phenoxy) is 1. The molecule has 90 valence electrons. The topological polar surface area (TPSA) is 26.3 Å². The molecule has 1 aromatic heterocycles. The smallest absolute Gasteiger partial charge is 0.348 e. The van der Waals surface area contributed by atoms with Crippen molar-refractivity contribution < 1.29 is 18.3 Å². The largest absolute Gasteiger partial charge is 0.462 e. The minimum atomic E-state index is -0.649. The summed E-state index contributed by atoms with van der Waals surface area (Å²) in [5.41, 5.74) is 0.557. The van der Waals surface area contributed by atoms with E-state index >= 15 is 0 Å². The first-order valence-electron chi connectivity index (χ1n) is 5.09. The number of hydrogen-bond donors (Lipinski definition) is 0. The molecule has 0 saturated carbocycles. The molecule has 0 aliphatic heterocycles. The molecule has 1 heterocycles. The first-order valence-corrected chi connectivity index (χ1v) is 5.91. The molecule has 0 unspecified atom stereocenters. The van der Waals surface area contributed by atoms with Crippen LogP contribution in [0, 0.1) is 18.6 Å². The molecule has 0 radical (unpaired) electrons. The molecule has 0 fully saturated rings. The van der Waals surface area contributed by atoms with Gasteiger partial charge in [0.25, 0.3) is 0 Å². The molecule has 0 atom stereocenters. The number of aryl methyl sites for hydroxylation is 1. The minimum absolute atomic E-state index is 0.253. The van der Waals surface area contributed by atoms with Gasteiger partial charge in [0, 0.05) is 11.5 Å². The monoisotopic (exact) mass is 256 g/mol. The molecule has 0 N–H and O–H groups in total. The average Bonchev–Trinajstić information content (AvgIpc) is 2.57. The van der Waals surface area contributed by atoms with Crippen LogP contribution in [0.25, 0.3) is 10.1 Å². The molecule has 2 aromatic rings. The maximum Gasteiger partial charge on any atom is 0.348 e. The lowest BCUT2D eigenvalue weighted by Crippen LogP contribution is -2.03. The zero-order valence-corrected chi connectivity index (χ0v) is 10.2. The highest BCUT2D eigenvalue weighted by Gasteiger charge is 2.19. The van der Waals surface area contributed by atoms with Crippen molar-refractivity contribution in [1.82, 2.24) is 0 Å². The lowest BCUT2D eigenvalue weighted by molar-refractivity contribution is 0.0531. The van der Waals surface area contributed by atoms with Crippen molar-refractivity contribution >= 4 is 27.4 Å². The van der Waals surface area contributed by atoms with E-state index in [0.29, 0.717) is 15.8 Å². The van der Waals surface area contributed by atoms with Gasteiger partial charge in [0.05, 0.1) is 11.3 Å². The second-order valence-corrected chi connectivity index (χ2v) is 4.56. The van der Waals surface area contributed by atoms with Gasteiger partial charge in [-0.25, -0.2) is 13.6 Å². The van der Waals surface area contributed by atoms with Gasteiger partial charge >= 0.3 is 5.97 Å². The van der Waals surface area contributed by atoms with Gasteiger partial charge in [0.15, 0.2) is 0 Å². The molecule has 0 amide bonds. The number of rotatable bonds is 2. The highest BCUT2D eigenvalue weighted by molar-refractivity contribution is 7.21. The Labute approximate surface area is 101 Å². The number of fused-ring (bicyclic) bond motifs is 1. The Morgan fingerprint density at radius 3 is 2.76 bits per heavy atom. The summed E-state index contributed by atoms with van der Waals surface area (Å²) in [6.07, 6.45) is 0. The zero-order valence-electron chi connectivity index (χ0n) is 9.34. The SMILES string of the molecule is CCOC(=O)c1sc2c(F)cc(F)cc2c1C. The van der Waals surface area contributed by atoms with Crippen molar-refractivity contribution in [3.8, 4) is 0 Å². The van der Waals surface area contributed by atoms with Crippen molar-refractivity contribution in [2.75, 3.05) is 6.61 Å². The Kier molecular flexibility index (Phi) is 3.11. The third-order valence-electron chi connectivity index (χ3n) is 2.42. The molecule has 2 rings (SSSR count). The molecule has 1 aromatic carbocycles. The average molecular weight is 256 g/mol. The van der Waals surface area contributed by atoms with Crippen LogP contribution >= 0.6 is 11.3 Å². The van der Waals surface area contributed by atoms with Crippen molar-refractivity contribution in [3.05, 3.63) is 34.2 Å². The third-order valence-corrected chi connectivity index (χ3v) is 3.71. The summed E-state index contributed by atoms with van der Waals surface area (Å²) in [5, 5.41) is 0.426. The number of hydrogen-bond acceptors (Lipinski definition) is 3. The summed E-state index contributed by atoms with van der Waals surface area (Å²) in [6, 6.07) is 2.04. The van der Waals surface area contributed by atoms with Crippen molar-refractivity contribution in [1.29, 1.82) is 0 Å². The first-order chi connectivity index (χ1) is 8.04. The number of halogens is 2. The van der Waals surface area contributed by atoms with Gasteiger partial charge in [-0.3, -0.25) is 0 Å². The fourth-order valence-electron chi connectivity index (χ4n) is 1.63. The standard InChI is InChI=1S/C12H10F2O2S/c1-3-16-12(15)10-6(2)8-4-7(13)5-9(14)11(8)17-10/h4-5H,3H2,1-2H3. The van der Waals surface area contributed by atoms with E-state index in [-0.39, 0.29) is 11.3 Å². The van der Waals surface area contributed by atoms with Crippen molar-refractivity contribution in [2.24, 2.45) is 0 Å². The van der Waals surface area contributed by atoms with E-state index in [4.69, 9.17) is 4.74 Å². The number of carbonyl (C=O) groups is 1. The Bertz CT molecular complexity index is 590. The van der Waals surface area contributed by atoms with Crippen LogP contribution in [0.3, 0.4) is 0 Å². The summed E-state index contributed by atoms with van der Waals surface area (Å²) in [7, 11) is 0. The summed E-state index contributed by atoms with van der Waals surface area (Å²) < 4.78 is 31.7. The fourth-order valence-corrected chi connectivity index (χ4v) is 2.72. The number of thiophene rings is 1. The number of carbonyl (C=O) groups excluding carboxylic acids is 1. The van der Waals surface area contributed by atoms with E-state index in [9.17, 15) is 13.6 Å². The van der Waals surface area contributed by atoms with E-state index in [2.05, 4.69) is 0 Å². The highest BCUT2D eigenvalue weighted by atomic mass is 32.1. The van der Waals surface area contributed by atoms with Crippen LogP contribution in [0.2, 0.25) is 0 Å². The Balaban J connectivity index is 2.64. The van der Waals surface area contributed by atoms with E-state index < -0.39 is 17.6 Å². The van der Waals surface area contributed by atoms with Gasteiger partial charge in [-0.1, -0.05) is 0 Å². The summed E-state index contributed by atoms with van der Waals surface area (Å²) in [5.74, 6) is -1.79. The summed E-state index contributed by atoms with van der Waals surface area (Å²) in [4.78, 5) is 11.9. The second kappa shape index (κ2) is 4.41. The molecule has 0 aliphatic carbocycles. The Morgan fingerprint density at radius 1 is 1.41 bits per heavy atom. The molecule has 5 heteroatoms. The lowest BCUT2D eigenvalue weighted by Gasteiger charge is -1.99. The van der Waals surface area contributed by atoms with Crippen molar-refractivity contribution in [2.45, 2.75) is 13.8 Å². The maximum absolute atomic E-state index is 13.5. The highest BCUT2D eigenvalue weighted by Crippen LogP contribution is 2.33. The maximum atomic E-state index is 13.5. The molecule has 0 saturated heterocycles. The van der Waals surface area contributed by atoms with E-state index in [1.807, 2.05) is 0 Å². The molecule has 0 aliphatic rings. The van der Waals surface area contributed by atoms with Gasteiger partial charge < -0.3 is 4.74 Å². The number of benzene rings is 1. The summed E-state index contributed by atoms with van der Waals surface area (Å²) >= 11 is 0.991. The van der Waals surface area contributed by atoms with Crippen molar-refractivity contribution in [3.63, 3.8) is 0 Å². The van der Waals surface area contributed by atoms with Crippen LogP contribution in [0.1, 0.15) is 22.2 Å². The van der Waals surface area contributed by atoms with Crippen LogP contribution in [-0.4, -0.2) is 12.6 Å². The van der Waals surface area contributed by atoms with Gasteiger partial charge in [0.1, 0.15) is 16.5 Å². The normalized spacial score (nSPS) is 10.8. The van der Waals surface area contributed by atoms with Crippen LogP contribution in [-0.2, 0) is 4.74 Å². The molecule has 0 bridgehead atoms. The Hall–Kier alpha value is -1.49. The molecule has 2 nitrogen and oxygen atoms in total. The van der Waals surface area contributed by atoms with E-state index in [0.717, 1.165) is 17.4 Å². The second-order valence-electron chi connectivity index (χ2n) is 3.54. The predicted octanol–water partition coefficient (Wildman–Crippen LogP) is 3.66. The molecule has 0 spiro atoms. The van der Waals surface area contributed by atoms with E-state index in [1.165, 1.54) is 6.07 Å². The minimum Gasteiger partial charge on any atom is -0.462 e. The Morgan fingerprint density at radius 2 is 2.12 bits per heavy atom. The number of esters is 1. The first kappa shape index (κ1) is 12.0. The predicted molar refractivity (Wildman–Crippen MR) is 62.4 cm³/mol. The third kappa shape index (κ3) is 2.02. The van der Waals surface area contributed by atoms with Gasteiger partial charge in [0.2, 0.25) is 0 Å². The zero-order chi connectivity index (χ0) is 12.6. The quantitative estimate of drug-likeness (QED) is 0.766. The van der Waals surface area contributed by atoms with Gasteiger partial charge in [-0.05, 0) is 25.5 Å². The van der Waals surface area contributed by atoms with Crippen LogP contribution in [0.4, 0.5) is 8.78 Å². The van der Waals surface area contributed by atoms with Crippen LogP contribution in [0.15, 0.2) is 12.1 Å². The molecular formula is C12H10F2O2S. The van der Waals surface area contributed by atoms with Gasteiger partial charge in [-0.15, -0.1) is 11.3 Å². The fraction of sp³-hybridized carbons (Fsp3) is 0.250. The van der Waals surface area contributed by atoms with E-state index in [1.54, 1.807) is 13.8 Å².